The second-order valence-corrected chi connectivity index (χ2v) is 5.71. The lowest BCUT2D eigenvalue weighted by Gasteiger charge is -2.20. The van der Waals surface area contributed by atoms with Crippen LogP contribution in [-0.2, 0) is 11.2 Å². The minimum atomic E-state index is 0.0900. The zero-order valence-corrected chi connectivity index (χ0v) is 12.0. The molecular formula is C16H22N2O2. The van der Waals surface area contributed by atoms with Gasteiger partial charge in [-0.2, -0.15) is 0 Å². The fraction of sp³-hybridized carbons (Fsp3) is 0.562. The van der Waals surface area contributed by atoms with Gasteiger partial charge in [0.05, 0.1) is 0 Å². The third-order valence-electron chi connectivity index (χ3n) is 4.25. The number of hydrogen-bond donors (Lipinski definition) is 1. The van der Waals surface area contributed by atoms with E-state index in [9.17, 15) is 4.79 Å². The largest absolute Gasteiger partial charge is 0.484 e. The Hall–Kier alpha value is -1.55. The summed E-state index contributed by atoms with van der Waals surface area (Å²) in [5, 5.41) is 0. The maximum atomic E-state index is 12.1. The van der Waals surface area contributed by atoms with Crippen LogP contribution in [0.3, 0.4) is 0 Å². The monoisotopic (exact) mass is 274 g/mol. The highest BCUT2D eigenvalue weighted by molar-refractivity contribution is 5.78. The SMILES string of the molecule is CCN(C(=O)COc1ccc2c(c1)CC[C@H]2N)C1CC1. The van der Waals surface area contributed by atoms with Crippen molar-refractivity contribution in [2.24, 2.45) is 5.73 Å². The van der Waals surface area contributed by atoms with Crippen molar-refractivity contribution in [2.45, 2.75) is 44.7 Å². The molecule has 1 atom stereocenters. The number of nitrogens with two attached hydrogens (primary N) is 1. The maximum absolute atomic E-state index is 12.1. The Morgan fingerprint density at radius 3 is 2.90 bits per heavy atom. The zero-order valence-electron chi connectivity index (χ0n) is 12.0. The standard InChI is InChI=1S/C16H22N2O2/c1-2-18(12-4-5-12)16(19)10-20-13-6-7-14-11(9-13)3-8-15(14)17/h6-7,9,12,15H,2-5,8,10,17H2,1H3/t15-/m1/s1. The molecule has 3 rings (SSSR count). The van der Waals surface area contributed by atoms with Gasteiger partial charge in [0.1, 0.15) is 5.75 Å². The lowest BCUT2D eigenvalue weighted by Crippen LogP contribution is -2.36. The summed E-state index contributed by atoms with van der Waals surface area (Å²) in [6, 6.07) is 6.60. The van der Waals surface area contributed by atoms with Crippen LogP contribution in [0.5, 0.6) is 5.75 Å². The van der Waals surface area contributed by atoms with Crippen molar-refractivity contribution in [2.75, 3.05) is 13.2 Å². The fourth-order valence-corrected chi connectivity index (χ4v) is 2.97. The Balaban J connectivity index is 1.60. The van der Waals surface area contributed by atoms with E-state index in [0.29, 0.717) is 6.04 Å². The van der Waals surface area contributed by atoms with E-state index >= 15 is 0 Å². The molecule has 0 aliphatic heterocycles. The number of ether oxygens (including phenoxy) is 1. The molecule has 1 aromatic carbocycles. The molecule has 20 heavy (non-hydrogen) atoms. The predicted molar refractivity (Wildman–Crippen MR) is 77.6 cm³/mol. The highest BCUT2D eigenvalue weighted by Gasteiger charge is 2.31. The molecule has 0 heterocycles. The van der Waals surface area contributed by atoms with Gasteiger partial charge >= 0.3 is 0 Å². The van der Waals surface area contributed by atoms with Crippen LogP contribution in [0.1, 0.15) is 43.4 Å². The zero-order chi connectivity index (χ0) is 14.1. The summed E-state index contributed by atoms with van der Waals surface area (Å²) in [4.78, 5) is 14.0. The van der Waals surface area contributed by atoms with E-state index in [2.05, 4.69) is 0 Å². The van der Waals surface area contributed by atoms with Crippen molar-refractivity contribution in [3.05, 3.63) is 29.3 Å². The molecule has 0 spiro atoms. The Morgan fingerprint density at radius 2 is 2.20 bits per heavy atom. The Kier molecular flexibility index (Phi) is 3.66. The number of carbonyl (C=O) groups is 1. The Labute approximate surface area is 119 Å². The van der Waals surface area contributed by atoms with E-state index < -0.39 is 0 Å². The number of aryl methyl sites for hydroxylation is 1. The van der Waals surface area contributed by atoms with Crippen molar-refractivity contribution in [1.29, 1.82) is 0 Å². The van der Waals surface area contributed by atoms with Gasteiger partial charge in [0.25, 0.3) is 5.91 Å². The summed E-state index contributed by atoms with van der Waals surface area (Å²) in [6.07, 6.45) is 4.28. The van der Waals surface area contributed by atoms with Gasteiger partial charge < -0.3 is 15.4 Å². The van der Waals surface area contributed by atoms with Crippen LogP contribution in [0.2, 0.25) is 0 Å². The number of carbonyl (C=O) groups excluding carboxylic acids is 1. The normalized spacial score (nSPS) is 20.6. The summed E-state index contributed by atoms with van der Waals surface area (Å²) in [5.74, 6) is 0.866. The highest BCUT2D eigenvalue weighted by Crippen LogP contribution is 2.32. The molecule has 1 amide bonds. The van der Waals surface area contributed by atoms with E-state index in [1.165, 1.54) is 11.1 Å². The number of fused-ring (bicyclic) bond motifs is 1. The number of hydrogen-bond acceptors (Lipinski definition) is 3. The lowest BCUT2D eigenvalue weighted by atomic mass is 10.1. The van der Waals surface area contributed by atoms with E-state index in [0.717, 1.165) is 38.0 Å². The number of rotatable bonds is 5. The minimum Gasteiger partial charge on any atom is -0.484 e. The van der Waals surface area contributed by atoms with E-state index in [4.69, 9.17) is 10.5 Å². The van der Waals surface area contributed by atoms with Gasteiger partial charge in [-0.25, -0.2) is 0 Å². The van der Waals surface area contributed by atoms with E-state index in [-0.39, 0.29) is 18.6 Å². The van der Waals surface area contributed by atoms with Gasteiger partial charge in [0.2, 0.25) is 0 Å². The summed E-state index contributed by atoms with van der Waals surface area (Å²) in [5.41, 5.74) is 8.50. The second-order valence-electron chi connectivity index (χ2n) is 5.71. The first-order valence-electron chi connectivity index (χ1n) is 7.49. The van der Waals surface area contributed by atoms with Crippen LogP contribution in [-0.4, -0.2) is 30.0 Å². The van der Waals surface area contributed by atoms with Crippen molar-refractivity contribution < 1.29 is 9.53 Å². The third kappa shape index (κ3) is 2.66. The van der Waals surface area contributed by atoms with Gasteiger partial charge in [-0.15, -0.1) is 0 Å². The molecule has 1 fully saturated rings. The van der Waals surface area contributed by atoms with Crippen molar-refractivity contribution in [3.8, 4) is 5.75 Å². The first kappa shape index (κ1) is 13.4. The molecule has 0 radical (unpaired) electrons. The molecule has 4 nitrogen and oxygen atoms in total. The second kappa shape index (κ2) is 5.44. The van der Waals surface area contributed by atoms with Crippen LogP contribution in [0.25, 0.3) is 0 Å². The van der Waals surface area contributed by atoms with Crippen LogP contribution in [0, 0.1) is 0 Å². The molecule has 1 saturated carbocycles. The average Bonchev–Trinajstić information content (AvgIpc) is 3.22. The molecule has 2 aliphatic carbocycles. The van der Waals surface area contributed by atoms with Crippen LogP contribution >= 0.6 is 0 Å². The number of likely N-dealkylation sites (N-methyl/N-ethyl adjacent to an activating group) is 1. The van der Waals surface area contributed by atoms with Gasteiger partial charge in [0, 0.05) is 18.6 Å². The lowest BCUT2D eigenvalue weighted by molar-refractivity contribution is -0.133. The van der Waals surface area contributed by atoms with Gasteiger partial charge in [-0.3, -0.25) is 4.79 Å². The van der Waals surface area contributed by atoms with Gasteiger partial charge in [-0.1, -0.05) is 6.07 Å². The van der Waals surface area contributed by atoms with E-state index in [1.54, 1.807) is 0 Å². The van der Waals surface area contributed by atoms with Gasteiger partial charge in [0.15, 0.2) is 6.61 Å². The summed E-state index contributed by atoms with van der Waals surface area (Å²) >= 11 is 0. The smallest absolute Gasteiger partial charge is 0.260 e. The molecule has 1 aromatic rings. The summed E-state index contributed by atoms with van der Waals surface area (Å²) in [7, 11) is 0. The van der Waals surface area contributed by atoms with E-state index in [1.807, 2.05) is 30.0 Å². The Bertz CT molecular complexity index is 511. The molecule has 0 aromatic heterocycles. The first-order valence-corrected chi connectivity index (χ1v) is 7.49. The average molecular weight is 274 g/mol. The quantitative estimate of drug-likeness (QED) is 0.893. The molecule has 2 N–H and O–H groups in total. The maximum Gasteiger partial charge on any atom is 0.260 e. The number of nitrogens with zero attached hydrogens (tertiary/aromatic N) is 1. The number of amides is 1. The van der Waals surface area contributed by atoms with Crippen LogP contribution in [0.15, 0.2) is 18.2 Å². The van der Waals surface area contributed by atoms with Gasteiger partial charge in [-0.05, 0) is 55.9 Å². The summed E-state index contributed by atoms with van der Waals surface area (Å²) < 4.78 is 5.66. The summed E-state index contributed by atoms with van der Waals surface area (Å²) in [6.45, 7) is 2.92. The Morgan fingerprint density at radius 1 is 1.40 bits per heavy atom. The van der Waals surface area contributed by atoms with Crippen LogP contribution < -0.4 is 10.5 Å². The molecule has 0 bridgehead atoms. The van der Waals surface area contributed by atoms with Crippen molar-refractivity contribution in [1.82, 2.24) is 4.90 Å². The topological polar surface area (TPSA) is 55.6 Å². The predicted octanol–water partition coefficient (Wildman–Crippen LogP) is 2.02. The minimum absolute atomic E-state index is 0.0900. The molecule has 108 valence electrons. The van der Waals surface area contributed by atoms with Crippen LogP contribution in [0.4, 0.5) is 0 Å². The molecule has 0 saturated heterocycles. The molecular weight excluding hydrogens is 252 g/mol. The first-order chi connectivity index (χ1) is 9.69. The van der Waals surface area contributed by atoms with Crippen molar-refractivity contribution >= 4 is 5.91 Å². The number of benzene rings is 1. The third-order valence-corrected chi connectivity index (χ3v) is 4.25. The fourth-order valence-electron chi connectivity index (χ4n) is 2.97. The van der Waals surface area contributed by atoms with Crippen molar-refractivity contribution in [3.63, 3.8) is 0 Å². The molecule has 4 heteroatoms. The highest BCUT2D eigenvalue weighted by atomic mass is 16.5. The molecule has 2 aliphatic rings. The molecule has 0 unspecified atom stereocenters.